The molecule has 1 aromatic carbocycles. The van der Waals surface area contributed by atoms with Crippen LogP contribution in [0.1, 0.15) is 13.8 Å². The summed E-state index contributed by atoms with van der Waals surface area (Å²) in [4.78, 5) is 30.9. The van der Waals surface area contributed by atoms with Gasteiger partial charge >= 0.3 is 6.09 Å². The minimum absolute atomic E-state index is 0.0805. The number of carbonyl (C=O) groups excluding carboxylic acids is 2. The van der Waals surface area contributed by atoms with Gasteiger partial charge in [-0.2, -0.15) is 0 Å². The van der Waals surface area contributed by atoms with Gasteiger partial charge in [-0.1, -0.05) is 0 Å². The highest BCUT2D eigenvalue weighted by atomic mass is 32.2. The predicted octanol–water partition coefficient (Wildman–Crippen LogP) is 1.97. The molecule has 2 saturated heterocycles. The van der Waals surface area contributed by atoms with Gasteiger partial charge in [-0.15, -0.1) is 0 Å². The number of sulfone groups is 1. The van der Waals surface area contributed by atoms with Crippen molar-refractivity contribution in [3.8, 4) is 11.1 Å². The number of carbonyl (C=O) groups is 2. The van der Waals surface area contributed by atoms with Crippen LogP contribution >= 0.6 is 0 Å². The molecule has 176 valence electrons. The van der Waals surface area contributed by atoms with Gasteiger partial charge in [0.2, 0.25) is 5.91 Å². The number of aromatic nitrogens is 1. The highest BCUT2D eigenvalue weighted by Crippen LogP contribution is 2.30. The molecule has 2 aliphatic rings. The molecule has 1 N–H and O–H groups in total. The third-order valence-corrected chi connectivity index (χ3v) is 7.54. The first-order chi connectivity index (χ1) is 15.6. The number of cyclic esters (lactones) is 1. The zero-order valence-corrected chi connectivity index (χ0v) is 19.1. The average Bonchev–Trinajstić information content (AvgIpc) is 3.12. The summed E-state index contributed by atoms with van der Waals surface area (Å²) in [5.41, 5.74) is 1.25. The molecule has 33 heavy (non-hydrogen) atoms. The molecule has 2 aromatic rings. The highest BCUT2D eigenvalue weighted by Gasteiger charge is 2.33. The molecule has 0 aliphatic carbocycles. The van der Waals surface area contributed by atoms with Gasteiger partial charge in [0, 0.05) is 36.8 Å². The van der Waals surface area contributed by atoms with Crippen LogP contribution in [-0.4, -0.2) is 68.7 Å². The number of anilines is 2. The summed E-state index contributed by atoms with van der Waals surface area (Å²) < 4.78 is 43.7. The van der Waals surface area contributed by atoms with Crippen molar-refractivity contribution in [1.82, 2.24) is 10.3 Å². The molecule has 0 saturated carbocycles. The van der Waals surface area contributed by atoms with Crippen molar-refractivity contribution in [2.75, 3.05) is 40.9 Å². The van der Waals surface area contributed by atoms with E-state index in [9.17, 15) is 22.4 Å². The molecule has 1 aromatic heterocycles. The molecule has 2 atom stereocenters. The Kier molecular flexibility index (Phi) is 6.24. The van der Waals surface area contributed by atoms with Crippen molar-refractivity contribution in [1.29, 1.82) is 0 Å². The number of pyridine rings is 1. The first-order valence-corrected chi connectivity index (χ1v) is 12.4. The molecular formula is C22H25FN4O5S. The Morgan fingerprint density at radius 2 is 2.09 bits per heavy atom. The van der Waals surface area contributed by atoms with E-state index in [-0.39, 0.29) is 36.5 Å². The fourth-order valence-corrected chi connectivity index (χ4v) is 5.61. The summed E-state index contributed by atoms with van der Waals surface area (Å²) in [6.07, 6.45) is 0.450. The number of amides is 2. The van der Waals surface area contributed by atoms with Crippen LogP contribution in [0.4, 0.5) is 20.7 Å². The SMILES string of the molecule is CC(=O)NC[C@H]1CN(c2ccc(-c3ccc(N4CCS(=O)(=O)CC4C)nc3)c(F)c2)C(=O)O1. The Morgan fingerprint density at radius 3 is 2.73 bits per heavy atom. The fourth-order valence-electron chi connectivity index (χ4n) is 4.06. The van der Waals surface area contributed by atoms with E-state index >= 15 is 0 Å². The van der Waals surface area contributed by atoms with Crippen molar-refractivity contribution in [2.45, 2.75) is 26.0 Å². The van der Waals surface area contributed by atoms with Crippen LogP contribution in [-0.2, 0) is 19.4 Å². The second-order valence-electron chi connectivity index (χ2n) is 8.28. The van der Waals surface area contributed by atoms with Gasteiger partial charge in [-0.25, -0.2) is 22.6 Å². The van der Waals surface area contributed by atoms with Crippen molar-refractivity contribution < 1.29 is 27.1 Å². The number of ether oxygens (including phenoxy) is 1. The number of nitrogens with zero attached hydrogens (tertiary/aromatic N) is 3. The number of rotatable bonds is 5. The Morgan fingerprint density at radius 1 is 1.30 bits per heavy atom. The Bertz CT molecular complexity index is 1170. The van der Waals surface area contributed by atoms with E-state index in [0.29, 0.717) is 29.2 Å². The normalized spacial score (nSPS) is 22.2. The Hall–Kier alpha value is -3.21. The third-order valence-electron chi connectivity index (χ3n) is 5.74. The molecule has 0 bridgehead atoms. The van der Waals surface area contributed by atoms with E-state index in [2.05, 4.69) is 10.3 Å². The maximum absolute atomic E-state index is 14.9. The van der Waals surface area contributed by atoms with Gasteiger partial charge in [0.05, 0.1) is 30.3 Å². The zero-order valence-electron chi connectivity index (χ0n) is 18.3. The standard InChI is InChI=1S/C22H25FN4O5S/c1-14-13-33(30,31)8-7-26(14)21-6-3-16(10-25-21)19-5-4-17(9-20(19)23)27-12-18(32-22(27)29)11-24-15(2)28/h3-6,9-10,14,18H,7-8,11-13H2,1-2H3,(H,24,28)/t14?,18-/m0/s1. The maximum Gasteiger partial charge on any atom is 0.414 e. The van der Waals surface area contributed by atoms with E-state index in [4.69, 9.17) is 4.74 Å². The second-order valence-corrected chi connectivity index (χ2v) is 10.5. The van der Waals surface area contributed by atoms with Gasteiger partial charge < -0.3 is 15.0 Å². The highest BCUT2D eigenvalue weighted by molar-refractivity contribution is 7.91. The molecule has 11 heteroatoms. The topological polar surface area (TPSA) is 109 Å². The lowest BCUT2D eigenvalue weighted by Crippen LogP contribution is -2.47. The van der Waals surface area contributed by atoms with Gasteiger partial charge in [-0.3, -0.25) is 9.69 Å². The molecular weight excluding hydrogens is 451 g/mol. The summed E-state index contributed by atoms with van der Waals surface area (Å²) in [5.74, 6) is 0.0681. The predicted molar refractivity (Wildman–Crippen MR) is 121 cm³/mol. The van der Waals surface area contributed by atoms with Crippen LogP contribution in [0.3, 0.4) is 0 Å². The third kappa shape index (κ3) is 5.08. The molecule has 2 amide bonds. The quantitative estimate of drug-likeness (QED) is 0.703. The number of benzene rings is 1. The molecule has 4 rings (SSSR count). The molecule has 0 radical (unpaired) electrons. The van der Waals surface area contributed by atoms with Crippen molar-refractivity contribution in [3.63, 3.8) is 0 Å². The van der Waals surface area contributed by atoms with E-state index in [1.807, 2.05) is 11.8 Å². The van der Waals surface area contributed by atoms with Crippen LogP contribution < -0.4 is 15.1 Å². The lowest BCUT2D eigenvalue weighted by Gasteiger charge is -2.34. The summed E-state index contributed by atoms with van der Waals surface area (Å²) in [7, 11) is -3.03. The van der Waals surface area contributed by atoms with E-state index in [1.165, 1.54) is 17.9 Å². The van der Waals surface area contributed by atoms with Gasteiger partial charge in [0.25, 0.3) is 0 Å². The number of hydrogen-bond donors (Lipinski definition) is 1. The lowest BCUT2D eigenvalue weighted by atomic mass is 10.1. The number of hydrogen-bond acceptors (Lipinski definition) is 7. The fraction of sp³-hybridized carbons (Fsp3) is 0.409. The molecule has 1 unspecified atom stereocenters. The Balaban J connectivity index is 1.47. The molecule has 2 aliphatic heterocycles. The second kappa shape index (κ2) is 8.97. The monoisotopic (exact) mass is 476 g/mol. The summed E-state index contributed by atoms with van der Waals surface area (Å²) in [6, 6.07) is 7.78. The molecule has 9 nitrogen and oxygen atoms in total. The van der Waals surface area contributed by atoms with E-state index in [0.717, 1.165) is 0 Å². The van der Waals surface area contributed by atoms with E-state index < -0.39 is 27.9 Å². The zero-order chi connectivity index (χ0) is 23.8. The van der Waals surface area contributed by atoms with E-state index in [1.54, 1.807) is 30.5 Å². The van der Waals surface area contributed by atoms with Crippen molar-refractivity contribution in [3.05, 3.63) is 42.3 Å². The molecule has 0 spiro atoms. The summed E-state index contributed by atoms with van der Waals surface area (Å²) >= 11 is 0. The first kappa shape index (κ1) is 23.0. The van der Waals surface area contributed by atoms with Crippen molar-refractivity contribution >= 4 is 33.3 Å². The summed E-state index contributed by atoms with van der Waals surface area (Å²) in [6.45, 7) is 3.99. The average molecular weight is 477 g/mol. The van der Waals surface area contributed by atoms with Crippen LogP contribution in [0.2, 0.25) is 0 Å². The lowest BCUT2D eigenvalue weighted by molar-refractivity contribution is -0.119. The smallest absolute Gasteiger partial charge is 0.414 e. The largest absolute Gasteiger partial charge is 0.442 e. The molecule has 3 heterocycles. The number of halogens is 1. The van der Waals surface area contributed by atoms with Crippen LogP contribution in [0.25, 0.3) is 11.1 Å². The maximum atomic E-state index is 14.9. The van der Waals surface area contributed by atoms with Gasteiger partial charge in [0.1, 0.15) is 17.7 Å². The van der Waals surface area contributed by atoms with Gasteiger partial charge in [0.15, 0.2) is 9.84 Å². The van der Waals surface area contributed by atoms with Crippen LogP contribution in [0.5, 0.6) is 0 Å². The first-order valence-electron chi connectivity index (χ1n) is 10.6. The number of nitrogens with one attached hydrogen (secondary N) is 1. The van der Waals surface area contributed by atoms with Crippen LogP contribution in [0.15, 0.2) is 36.5 Å². The molecule has 2 fully saturated rings. The van der Waals surface area contributed by atoms with Crippen LogP contribution in [0, 0.1) is 5.82 Å². The van der Waals surface area contributed by atoms with Crippen molar-refractivity contribution in [2.24, 2.45) is 0 Å². The minimum atomic E-state index is -3.03. The summed E-state index contributed by atoms with van der Waals surface area (Å²) in [5, 5.41) is 2.60. The van der Waals surface area contributed by atoms with Gasteiger partial charge in [-0.05, 0) is 37.3 Å². The minimum Gasteiger partial charge on any atom is -0.442 e. The Labute approximate surface area is 191 Å².